The fourth-order valence-corrected chi connectivity index (χ4v) is 2.87. The molecule has 0 fully saturated rings. The fraction of sp³-hybridized carbons (Fsp3) is 0. The molecule has 9 nitrogen and oxygen atoms in total. The fourth-order valence-electron chi connectivity index (χ4n) is 2.48. The molecule has 0 spiro atoms. The van der Waals surface area contributed by atoms with Crippen LogP contribution in [0.4, 0.5) is 11.5 Å². The first-order valence-electron chi connectivity index (χ1n) is 7.54. The molecule has 0 aliphatic heterocycles. The van der Waals surface area contributed by atoms with Crippen molar-refractivity contribution >= 4 is 45.9 Å². The highest BCUT2D eigenvalue weighted by atomic mass is 35.5. The molecule has 0 aliphatic carbocycles. The zero-order valence-electron chi connectivity index (χ0n) is 13.3. The molecule has 0 amide bonds. The second-order valence-corrected chi connectivity index (χ2v) is 6.08. The van der Waals surface area contributed by atoms with Gasteiger partial charge in [0.15, 0.2) is 11.2 Å². The van der Waals surface area contributed by atoms with Crippen LogP contribution in [-0.2, 0) is 0 Å². The van der Waals surface area contributed by atoms with Crippen molar-refractivity contribution < 1.29 is 0 Å². The average Bonchev–Trinajstić information content (AvgIpc) is 2.65. The lowest BCUT2D eigenvalue weighted by atomic mass is 10.2. The third-order valence-corrected chi connectivity index (χ3v) is 4.20. The summed E-state index contributed by atoms with van der Waals surface area (Å²) in [5.74, 6) is 0.455. The van der Waals surface area contributed by atoms with Gasteiger partial charge in [0.2, 0.25) is 0 Å². The van der Waals surface area contributed by atoms with Crippen LogP contribution in [0.25, 0.3) is 16.9 Å². The van der Waals surface area contributed by atoms with Gasteiger partial charge in [0, 0.05) is 12.4 Å². The van der Waals surface area contributed by atoms with Crippen molar-refractivity contribution in [2.24, 2.45) is 0 Å². The van der Waals surface area contributed by atoms with Gasteiger partial charge in [-0.25, -0.2) is 24.3 Å². The van der Waals surface area contributed by atoms with Crippen LogP contribution in [0.1, 0.15) is 0 Å². The number of fused-ring (bicyclic) bond motifs is 1. The number of anilines is 2. The molecule has 4 aromatic rings. The Labute approximate surface area is 160 Å². The van der Waals surface area contributed by atoms with E-state index in [2.05, 4.69) is 30.2 Å². The van der Waals surface area contributed by atoms with Crippen LogP contribution in [-0.4, -0.2) is 29.5 Å². The molecule has 3 heterocycles. The predicted octanol–water partition coefficient (Wildman–Crippen LogP) is 2.31. The Morgan fingerprint density at radius 3 is 2.70 bits per heavy atom. The highest BCUT2D eigenvalue weighted by molar-refractivity contribution is 6.35. The molecule has 0 unspecified atom stereocenters. The summed E-state index contributed by atoms with van der Waals surface area (Å²) in [6.07, 6.45) is 5.78. The van der Waals surface area contributed by atoms with Gasteiger partial charge in [-0.15, -0.1) is 0 Å². The van der Waals surface area contributed by atoms with E-state index in [1.807, 2.05) is 0 Å². The van der Waals surface area contributed by atoms with Gasteiger partial charge >= 0.3 is 5.69 Å². The Morgan fingerprint density at radius 1 is 1.07 bits per heavy atom. The monoisotopic (exact) mass is 401 g/mol. The summed E-state index contributed by atoms with van der Waals surface area (Å²) in [6.45, 7) is 0. The van der Waals surface area contributed by atoms with Crippen LogP contribution in [0.5, 0.6) is 0 Å². The zero-order valence-corrected chi connectivity index (χ0v) is 14.9. The summed E-state index contributed by atoms with van der Waals surface area (Å²) < 4.78 is 0.884. The van der Waals surface area contributed by atoms with E-state index in [-0.39, 0.29) is 27.0 Å². The smallest absolute Gasteiger partial charge is 0.334 e. The van der Waals surface area contributed by atoms with Crippen molar-refractivity contribution in [1.29, 1.82) is 0 Å². The topological polar surface area (TPSA) is 118 Å². The zero-order chi connectivity index (χ0) is 19.0. The molecule has 134 valence electrons. The maximum atomic E-state index is 12.8. The highest BCUT2D eigenvalue weighted by Gasteiger charge is 2.16. The lowest BCUT2D eigenvalue weighted by molar-refractivity contribution is 0.888. The SMILES string of the molecule is O=c1[nH]c2nc(Cl)cnc2c(=O)n1-c1cccc(Nc2cnccn2)c1Cl. The Balaban J connectivity index is 1.89. The van der Waals surface area contributed by atoms with Crippen molar-refractivity contribution in [1.82, 2.24) is 29.5 Å². The number of halogens is 2. The van der Waals surface area contributed by atoms with Crippen molar-refractivity contribution in [2.45, 2.75) is 0 Å². The number of hydrogen-bond acceptors (Lipinski definition) is 7. The molecule has 1 aromatic carbocycles. The van der Waals surface area contributed by atoms with Gasteiger partial charge in [-0.3, -0.25) is 14.8 Å². The Morgan fingerprint density at radius 2 is 1.93 bits per heavy atom. The first-order valence-corrected chi connectivity index (χ1v) is 8.29. The van der Waals surface area contributed by atoms with E-state index in [0.29, 0.717) is 11.5 Å². The summed E-state index contributed by atoms with van der Waals surface area (Å²) in [5, 5.41) is 3.20. The first kappa shape index (κ1) is 17.1. The minimum absolute atomic E-state index is 0.00119. The molecule has 4 rings (SSSR count). The molecular weight excluding hydrogens is 393 g/mol. The maximum Gasteiger partial charge on any atom is 0.334 e. The van der Waals surface area contributed by atoms with E-state index in [1.54, 1.807) is 12.1 Å². The Bertz CT molecular complexity index is 1270. The number of rotatable bonds is 3. The summed E-state index contributed by atoms with van der Waals surface area (Å²) in [7, 11) is 0. The molecule has 27 heavy (non-hydrogen) atoms. The van der Waals surface area contributed by atoms with Gasteiger partial charge in [0.1, 0.15) is 11.0 Å². The van der Waals surface area contributed by atoms with Gasteiger partial charge in [-0.05, 0) is 12.1 Å². The Hall–Kier alpha value is -3.30. The molecule has 11 heteroatoms. The van der Waals surface area contributed by atoms with Gasteiger partial charge in [-0.1, -0.05) is 29.3 Å². The molecule has 2 N–H and O–H groups in total. The van der Waals surface area contributed by atoms with Crippen LogP contribution < -0.4 is 16.6 Å². The van der Waals surface area contributed by atoms with Crippen molar-refractivity contribution in [3.63, 3.8) is 0 Å². The van der Waals surface area contributed by atoms with Crippen LogP contribution in [0, 0.1) is 0 Å². The summed E-state index contributed by atoms with van der Waals surface area (Å²) >= 11 is 12.2. The van der Waals surface area contributed by atoms with E-state index in [9.17, 15) is 9.59 Å². The molecule has 3 aromatic heterocycles. The minimum atomic E-state index is -0.720. The van der Waals surface area contributed by atoms with Gasteiger partial charge in [0.05, 0.1) is 28.8 Å². The van der Waals surface area contributed by atoms with E-state index in [4.69, 9.17) is 23.2 Å². The molecule has 0 atom stereocenters. The Kier molecular flexibility index (Phi) is 4.30. The number of nitrogens with zero attached hydrogens (tertiary/aromatic N) is 5. The standard InChI is InChI=1S/C16H9Cl2N7O2/c17-10-6-21-13-14(23-10)24-16(27)25(15(13)26)9-3-1-2-8(12(9)18)22-11-7-19-4-5-20-11/h1-7H,(H,20,22)(H,23,24,27). The normalized spacial score (nSPS) is 10.9. The summed E-state index contributed by atoms with van der Waals surface area (Å²) in [5.41, 5.74) is -0.807. The van der Waals surface area contributed by atoms with Gasteiger partial charge in [0.25, 0.3) is 5.56 Å². The molecule has 0 saturated heterocycles. The molecule has 0 radical (unpaired) electrons. The molecule has 0 bridgehead atoms. The maximum absolute atomic E-state index is 12.8. The third-order valence-electron chi connectivity index (χ3n) is 3.62. The number of nitrogens with one attached hydrogen (secondary N) is 2. The molecule has 0 aliphatic rings. The lowest BCUT2D eigenvalue weighted by Crippen LogP contribution is -2.34. The van der Waals surface area contributed by atoms with Gasteiger partial charge in [-0.2, -0.15) is 0 Å². The minimum Gasteiger partial charge on any atom is -0.338 e. The first-order chi connectivity index (χ1) is 13.0. The third kappa shape index (κ3) is 3.14. The number of aromatic amines is 1. The van der Waals surface area contributed by atoms with E-state index >= 15 is 0 Å². The summed E-state index contributed by atoms with van der Waals surface area (Å²) in [6, 6.07) is 4.86. The number of aromatic nitrogens is 6. The largest absolute Gasteiger partial charge is 0.338 e. The molecular formula is C16H9Cl2N7O2. The van der Waals surface area contributed by atoms with Crippen molar-refractivity contribution in [3.8, 4) is 5.69 Å². The average molecular weight is 402 g/mol. The van der Waals surface area contributed by atoms with Crippen LogP contribution in [0.3, 0.4) is 0 Å². The highest BCUT2D eigenvalue weighted by Crippen LogP contribution is 2.29. The van der Waals surface area contributed by atoms with Crippen LogP contribution in [0.2, 0.25) is 10.2 Å². The van der Waals surface area contributed by atoms with Gasteiger partial charge < -0.3 is 5.32 Å². The van der Waals surface area contributed by atoms with E-state index in [0.717, 1.165) is 4.57 Å². The quantitative estimate of drug-likeness (QED) is 0.540. The van der Waals surface area contributed by atoms with E-state index in [1.165, 1.54) is 30.9 Å². The second-order valence-electron chi connectivity index (χ2n) is 5.31. The lowest BCUT2D eigenvalue weighted by Gasteiger charge is -2.12. The summed E-state index contributed by atoms with van der Waals surface area (Å²) in [4.78, 5) is 43.7. The predicted molar refractivity (Wildman–Crippen MR) is 101 cm³/mol. The number of hydrogen-bond donors (Lipinski definition) is 2. The van der Waals surface area contributed by atoms with E-state index < -0.39 is 11.2 Å². The molecule has 0 saturated carbocycles. The second kappa shape index (κ2) is 6.78. The van der Waals surface area contributed by atoms with Crippen molar-refractivity contribution in [2.75, 3.05) is 5.32 Å². The number of H-pyrrole nitrogens is 1. The van der Waals surface area contributed by atoms with Crippen LogP contribution >= 0.6 is 23.2 Å². The number of benzene rings is 1. The van der Waals surface area contributed by atoms with Crippen molar-refractivity contribution in [3.05, 3.63) is 74.0 Å². The van der Waals surface area contributed by atoms with Crippen LogP contribution in [0.15, 0.2) is 52.6 Å².